The van der Waals surface area contributed by atoms with Crippen molar-refractivity contribution in [1.82, 2.24) is 5.32 Å². The lowest BCUT2D eigenvalue weighted by molar-refractivity contribution is 0.585. The zero-order valence-electron chi connectivity index (χ0n) is 11.2. The van der Waals surface area contributed by atoms with Gasteiger partial charge in [0, 0.05) is 23.2 Å². The summed E-state index contributed by atoms with van der Waals surface area (Å²) >= 11 is 6.13. The fourth-order valence-electron chi connectivity index (χ4n) is 2.00. The quantitative estimate of drug-likeness (QED) is 0.782. The average Bonchev–Trinajstić information content (AvgIpc) is 2.41. The number of rotatable bonds is 5. The Labute approximate surface area is 122 Å². The second-order valence-corrected chi connectivity index (χ2v) is 5.01. The molecule has 2 aromatic carbocycles. The first-order valence-electron chi connectivity index (χ1n) is 6.56. The first-order valence-corrected chi connectivity index (χ1v) is 6.94. The van der Waals surface area contributed by atoms with Crippen molar-refractivity contribution in [2.24, 2.45) is 0 Å². The van der Waals surface area contributed by atoms with Gasteiger partial charge < -0.3 is 5.32 Å². The lowest BCUT2D eigenvalue weighted by Crippen LogP contribution is -2.14. The van der Waals surface area contributed by atoms with E-state index in [1.165, 1.54) is 12.1 Å². The van der Waals surface area contributed by atoms with Gasteiger partial charge in [0.05, 0.1) is 0 Å². The number of hydrogen-bond donors (Lipinski definition) is 1. The summed E-state index contributed by atoms with van der Waals surface area (Å²) in [6.45, 7) is 3.60. The third-order valence-corrected chi connectivity index (χ3v) is 3.40. The van der Waals surface area contributed by atoms with Gasteiger partial charge >= 0.3 is 0 Å². The maximum atomic E-state index is 13.8. The largest absolute Gasteiger partial charge is 0.313 e. The minimum Gasteiger partial charge on any atom is -0.313 e. The molecule has 0 aliphatic rings. The van der Waals surface area contributed by atoms with Gasteiger partial charge in [-0.2, -0.15) is 0 Å². The molecule has 0 amide bonds. The van der Waals surface area contributed by atoms with Crippen molar-refractivity contribution in [2.45, 2.75) is 19.9 Å². The predicted octanol–water partition coefficient (Wildman–Crippen LogP) is 4.78. The molecule has 0 fully saturated rings. The zero-order valence-corrected chi connectivity index (χ0v) is 12.0. The van der Waals surface area contributed by atoms with Crippen LogP contribution >= 0.6 is 11.6 Å². The molecular formula is C16H16ClF2N. The van der Waals surface area contributed by atoms with E-state index < -0.39 is 11.6 Å². The summed E-state index contributed by atoms with van der Waals surface area (Å²) < 4.78 is 26.7. The molecule has 106 valence electrons. The van der Waals surface area contributed by atoms with Gasteiger partial charge in [-0.15, -0.1) is 0 Å². The Balaban J connectivity index is 2.30. The van der Waals surface area contributed by atoms with Crippen molar-refractivity contribution in [3.8, 4) is 11.1 Å². The fourth-order valence-corrected chi connectivity index (χ4v) is 2.19. The minimum absolute atomic E-state index is 0.375. The van der Waals surface area contributed by atoms with Crippen LogP contribution in [0.4, 0.5) is 8.78 Å². The van der Waals surface area contributed by atoms with E-state index in [-0.39, 0.29) is 0 Å². The van der Waals surface area contributed by atoms with Gasteiger partial charge in [0.1, 0.15) is 11.6 Å². The lowest BCUT2D eigenvalue weighted by Gasteiger charge is -2.09. The smallest absolute Gasteiger partial charge is 0.133 e. The molecule has 0 saturated carbocycles. The third kappa shape index (κ3) is 3.56. The number of nitrogens with one attached hydrogen (secondary N) is 1. The van der Waals surface area contributed by atoms with Gasteiger partial charge in [-0.3, -0.25) is 0 Å². The van der Waals surface area contributed by atoms with Gasteiger partial charge in [0.15, 0.2) is 0 Å². The molecule has 4 heteroatoms. The number of benzene rings is 2. The van der Waals surface area contributed by atoms with Crippen LogP contribution in [0.3, 0.4) is 0 Å². The molecule has 0 spiro atoms. The normalized spacial score (nSPS) is 10.8. The van der Waals surface area contributed by atoms with Crippen molar-refractivity contribution < 1.29 is 8.78 Å². The van der Waals surface area contributed by atoms with Crippen LogP contribution in [0.25, 0.3) is 11.1 Å². The Kier molecular flexibility index (Phi) is 5.10. The van der Waals surface area contributed by atoms with Gasteiger partial charge in [-0.05, 0) is 48.4 Å². The second-order valence-electron chi connectivity index (χ2n) is 4.61. The monoisotopic (exact) mass is 295 g/mol. The molecule has 0 heterocycles. The first-order chi connectivity index (χ1) is 9.61. The SMILES string of the molecule is CCCNCc1cc(-c2ccc(F)cc2F)ccc1Cl. The first kappa shape index (κ1) is 14.9. The van der Waals surface area contributed by atoms with Crippen LogP contribution in [0.1, 0.15) is 18.9 Å². The summed E-state index contributed by atoms with van der Waals surface area (Å²) in [7, 11) is 0. The summed E-state index contributed by atoms with van der Waals surface area (Å²) in [4.78, 5) is 0. The van der Waals surface area contributed by atoms with Gasteiger partial charge in [0.2, 0.25) is 0 Å². The van der Waals surface area contributed by atoms with Crippen LogP contribution in [0, 0.1) is 11.6 Å². The summed E-state index contributed by atoms with van der Waals surface area (Å²) in [6, 6.07) is 8.89. The van der Waals surface area contributed by atoms with E-state index in [2.05, 4.69) is 12.2 Å². The van der Waals surface area contributed by atoms with Crippen LogP contribution in [0.15, 0.2) is 36.4 Å². The highest BCUT2D eigenvalue weighted by atomic mass is 35.5. The molecule has 2 rings (SSSR count). The van der Waals surface area contributed by atoms with E-state index in [0.717, 1.165) is 24.6 Å². The van der Waals surface area contributed by atoms with E-state index in [0.29, 0.717) is 22.7 Å². The van der Waals surface area contributed by atoms with Gasteiger partial charge in [-0.1, -0.05) is 24.6 Å². The Morgan fingerprint density at radius 3 is 2.60 bits per heavy atom. The third-order valence-electron chi connectivity index (χ3n) is 3.03. The molecule has 1 nitrogen and oxygen atoms in total. The Morgan fingerprint density at radius 1 is 1.10 bits per heavy atom. The van der Waals surface area contributed by atoms with Crippen LogP contribution in [0.2, 0.25) is 5.02 Å². The van der Waals surface area contributed by atoms with Gasteiger partial charge in [0.25, 0.3) is 0 Å². The Bertz CT molecular complexity index is 599. The molecule has 2 aromatic rings. The summed E-state index contributed by atoms with van der Waals surface area (Å²) in [5.41, 5.74) is 1.97. The van der Waals surface area contributed by atoms with Crippen molar-refractivity contribution in [2.75, 3.05) is 6.54 Å². The van der Waals surface area contributed by atoms with Crippen LogP contribution in [-0.2, 0) is 6.54 Å². The van der Waals surface area contributed by atoms with Crippen molar-refractivity contribution >= 4 is 11.6 Å². The summed E-state index contributed by atoms with van der Waals surface area (Å²) in [5.74, 6) is -1.15. The molecule has 0 radical (unpaired) electrons. The molecule has 20 heavy (non-hydrogen) atoms. The highest BCUT2D eigenvalue weighted by Crippen LogP contribution is 2.27. The van der Waals surface area contributed by atoms with E-state index in [1.807, 2.05) is 6.07 Å². The average molecular weight is 296 g/mol. The highest BCUT2D eigenvalue weighted by molar-refractivity contribution is 6.31. The lowest BCUT2D eigenvalue weighted by atomic mass is 10.0. The Morgan fingerprint density at radius 2 is 1.90 bits per heavy atom. The molecule has 0 atom stereocenters. The van der Waals surface area contributed by atoms with E-state index in [9.17, 15) is 8.78 Å². The Hall–Kier alpha value is -1.45. The molecule has 0 aliphatic heterocycles. The molecule has 0 bridgehead atoms. The standard InChI is InChI=1S/C16H16ClF2N/c1-2-7-20-10-12-8-11(3-6-15(12)17)14-5-4-13(18)9-16(14)19/h3-6,8-9,20H,2,7,10H2,1H3. The predicted molar refractivity (Wildman–Crippen MR) is 78.8 cm³/mol. The molecule has 0 saturated heterocycles. The van der Waals surface area contributed by atoms with Crippen LogP contribution in [-0.4, -0.2) is 6.54 Å². The maximum absolute atomic E-state index is 13.8. The van der Waals surface area contributed by atoms with E-state index >= 15 is 0 Å². The van der Waals surface area contributed by atoms with E-state index in [1.54, 1.807) is 12.1 Å². The minimum atomic E-state index is -0.579. The topological polar surface area (TPSA) is 12.0 Å². The number of hydrogen-bond acceptors (Lipinski definition) is 1. The summed E-state index contributed by atoms with van der Waals surface area (Å²) in [5, 5.41) is 3.90. The summed E-state index contributed by atoms with van der Waals surface area (Å²) in [6.07, 6.45) is 1.03. The fraction of sp³-hybridized carbons (Fsp3) is 0.250. The van der Waals surface area contributed by atoms with Gasteiger partial charge in [-0.25, -0.2) is 8.78 Å². The molecule has 1 N–H and O–H groups in total. The molecule has 0 unspecified atom stereocenters. The maximum Gasteiger partial charge on any atom is 0.133 e. The van der Waals surface area contributed by atoms with Crippen molar-refractivity contribution in [3.05, 3.63) is 58.6 Å². The van der Waals surface area contributed by atoms with Crippen molar-refractivity contribution in [3.63, 3.8) is 0 Å². The van der Waals surface area contributed by atoms with E-state index in [4.69, 9.17) is 11.6 Å². The van der Waals surface area contributed by atoms with Crippen LogP contribution in [0.5, 0.6) is 0 Å². The molecular weight excluding hydrogens is 280 g/mol. The van der Waals surface area contributed by atoms with Crippen LogP contribution < -0.4 is 5.32 Å². The highest BCUT2D eigenvalue weighted by Gasteiger charge is 2.09. The molecule has 0 aromatic heterocycles. The zero-order chi connectivity index (χ0) is 14.5. The second kappa shape index (κ2) is 6.82. The number of halogens is 3. The molecule has 0 aliphatic carbocycles. The van der Waals surface area contributed by atoms with Crippen molar-refractivity contribution in [1.29, 1.82) is 0 Å².